The van der Waals surface area contributed by atoms with Crippen LogP contribution in [0, 0.1) is 0 Å². The lowest BCUT2D eigenvalue weighted by molar-refractivity contribution is 0.0949. The van der Waals surface area contributed by atoms with Crippen LogP contribution < -0.4 is 19.7 Å². The van der Waals surface area contributed by atoms with Crippen molar-refractivity contribution >= 4 is 11.6 Å². The molecule has 0 saturated carbocycles. The van der Waals surface area contributed by atoms with E-state index in [1.54, 1.807) is 18.2 Å². The Morgan fingerprint density at radius 2 is 1.65 bits per heavy atom. The molecule has 0 spiro atoms. The van der Waals surface area contributed by atoms with Gasteiger partial charge in [-0.3, -0.25) is 4.79 Å². The lowest BCUT2D eigenvalue weighted by atomic mass is 10.1. The highest BCUT2D eigenvalue weighted by atomic mass is 16.6. The van der Waals surface area contributed by atoms with Crippen molar-refractivity contribution in [2.24, 2.45) is 0 Å². The summed E-state index contributed by atoms with van der Waals surface area (Å²) >= 11 is 0. The van der Waals surface area contributed by atoms with Gasteiger partial charge in [0.05, 0.1) is 0 Å². The maximum Gasteiger partial charge on any atom is 0.251 e. The minimum absolute atomic E-state index is 0.109. The molecular formula is C21H24N2O3. The van der Waals surface area contributed by atoms with Gasteiger partial charge in [-0.25, -0.2) is 0 Å². The molecule has 0 bridgehead atoms. The molecule has 2 heterocycles. The summed E-state index contributed by atoms with van der Waals surface area (Å²) in [6.45, 7) is 3.85. The Kier molecular flexibility index (Phi) is 4.95. The highest BCUT2D eigenvalue weighted by Gasteiger charge is 2.15. The molecule has 2 aromatic carbocycles. The van der Waals surface area contributed by atoms with E-state index in [0.29, 0.717) is 36.8 Å². The van der Waals surface area contributed by atoms with Crippen LogP contribution in [-0.4, -0.2) is 32.2 Å². The quantitative estimate of drug-likeness (QED) is 0.916. The Morgan fingerprint density at radius 1 is 0.923 bits per heavy atom. The van der Waals surface area contributed by atoms with Gasteiger partial charge in [0.25, 0.3) is 5.91 Å². The highest BCUT2D eigenvalue weighted by Crippen LogP contribution is 2.30. The fraction of sp³-hybridized carbons (Fsp3) is 0.381. The molecule has 1 fully saturated rings. The molecule has 1 N–H and O–H groups in total. The molecular weight excluding hydrogens is 328 g/mol. The lowest BCUT2D eigenvalue weighted by Crippen LogP contribution is -2.29. The first kappa shape index (κ1) is 16.8. The van der Waals surface area contributed by atoms with Crippen molar-refractivity contribution in [1.29, 1.82) is 0 Å². The number of carbonyl (C=O) groups excluding carboxylic acids is 1. The van der Waals surface area contributed by atoms with Gasteiger partial charge in [-0.15, -0.1) is 0 Å². The van der Waals surface area contributed by atoms with Crippen LogP contribution in [0.4, 0.5) is 5.69 Å². The van der Waals surface area contributed by atoms with E-state index in [1.165, 1.54) is 24.9 Å². The number of nitrogens with one attached hydrogen (secondary N) is 1. The number of benzene rings is 2. The highest BCUT2D eigenvalue weighted by molar-refractivity contribution is 5.94. The SMILES string of the molecule is O=C(NCc1ccc(N2CCCCC2)cc1)c1ccc2c(c1)OCCO2. The summed E-state index contributed by atoms with van der Waals surface area (Å²) in [6.07, 6.45) is 3.88. The van der Waals surface area contributed by atoms with Crippen LogP contribution in [0.25, 0.3) is 0 Å². The molecule has 0 radical (unpaired) electrons. The van der Waals surface area contributed by atoms with E-state index < -0.39 is 0 Å². The van der Waals surface area contributed by atoms with E-state index in [1.807, 2.05) is 0 Å². The van der Waals surface area contributed by atoms with E-state index in [2.05, 4.69) is 34.5 Å². The average Bonchev–Trinajstić information content (AvgIpc) is 2.72. The fourth-order valence-electron chi connectivity index (χ4n) is 3.45. The number of carbonyl (C=O) groups is 1. The van der Waals surface area contributed by atoms with Gasteiger partial charge in [0.1, 0.15) is 13.2 Å². The smallest absolute Gasteiger partial charge is 0.251 e. The van der Waals surface area contributed by atoms with Crippen LogP contribution in [0.15, 0.2) is 42.5 Å². The Hall–Kier alpha value is -2.69. The van der Waals surface area contributed by atoms with Crippen LogP contribution in [0.1, 0.15) is 35.2 Å². The maximum absolute atomic E-state index is 12.4. The first-order valence-electron chi connectivity index (χ1n) is 9.31. The number of hydrogen-bond donors (Lipinski definition) is 1. The molecule has 1 saturated heterocycles. The van der Waals surface area contributed by atoms with Gasteiger partial charge >= 0.3 is 0 Å². The van der Waals surface area contributed by atoms with Crippen LogP contribution in [-0.2, 0) is 6.54 Å². The van der Waals surface area contributed by atoms with Crippen LogP contribution in [0.3, 0.4) is 0 Å². The molecule has 0 aromatic heterocycles. The van der Waals surface area contributed by atoms with Gasteiger partial charge in [0.15, 0.2) is 11.5 Å². The third-order valence-electron chi connectivity index (χ3n) is 4.91. The number of amides is 1. The van der Waals surface area contributed by atoms with Crippen molar-refractivity contribution in [3.8, 4) is 11.5 Å². The van der Waals surface area contributed by atoms with Crippen LogP contribution in [0.2, 0.25) is 0 Å². The zero-order valence-electron chi connectivity index (χ0n) is 14.9. The van der Waals surface area contributed by atoms with Crippen molar-refractivity contribution in [1.82, 2.24) is 5.32 Å². The number of fused-ring (bicyclic) bond motifs is 1. The maximum atomic E-state index is 12.4. The first-order chi connectivity index (χ1) is 12.8. The molecule has 2 aromatic rings. The summed E-state index contributed by atoms with van der Waals surface area (Å²) in [5, 5.41) is 2.97. The van der Waals surface area contributed by atoms with Crippen molar-refractivity contribution in [2.45, 2.75) is 25.8 Å². The molecule has 26 heavy (non-hydrogen) atoms. The summed E-state index contributed by atoms with van der Waals surface area (Å²) in [5.74, 6) is 1.22. The fourth-order valence-corrected chi connectivity index (χ4v) is 3.45. The largest absolute Gasteiger partial charge is 0.486 e. The van der Waals surface area contributed by atoms with Gasteiger partial charge in [-0.1, -0.05) is 12.1 Å². The second kappa shape index (κ2) is 7.68. The number of anilines is 1. The summed E-state index contributed by atoms with van der Waals surface area (Å²) in [7, 11) is 0. The Morgan fingerprint density at radius 3 is 2.42 bits per heavy atom. The van der Waals surface area contributed by atoms with Crippen molar-refractivity contribution in [2.75, 3.05) is 31.2 Å². The van der Waals surface area contributed by atoms with Gasteiger partial charge in [0.2, 0.25) is 0 Å². The molecule has 5 nitrogen and oxygen atoms in total. The summed E-state index contributed by atoms with van der Waals surface area (Å²) < 4.78 is 11.0. The van der Waals surface area contributed by atoms with Crippen LogP contribution >= 0.6 is 0 Å². The van der Waals surface area contributed by atoms with Gasteiger partial charge in [-0.05, 0) is 55.2 Å². The molecule has 4 rings (SSSR count). The monoisotopic (exact) mass is 352 g/mol. The normalized spacial score (nSPS) is 16.2. The average molecular weight is 352 g/mol. The van der Waals surface area contributed by atoms with E-state index in [0.717, 1.165) is 18.7 Å². The molecule has 2 aliphatic heterocycles. The third-order valence-corrected chi connectivity index (χ3v) is 4.91. The zero-order chi connectivity index (χ0) is 17.8. The Labute approximate surface area is 153 Å². The van der Waals surface area contributed by atoms with Gasteiger partial charge < -0.3 is 19.7 Å². The zero-order valence-corrected chi connectivity index (χ0v) is 14.9. The molecule has 0 unspecified atom stereocenters. The minimum Gasteiger partial charge on any atom is -0.486 e. The standard InChI is InChI=1S/C21H24N2O3/c24-21(17-6-9-19-20(14-17)26-13-12-25-19)22-15-16-4-7-18(8-5-16)23-10-2-1-3-11-23/h4-9,14H,1-3,10-13,15H2,(H,22,24). The molecule has 0 atom stereocenters. The van der Waals surface area contributed by atoms with Crippen molar-refractivity contribution < 1.29 is 14.3 Å². The summed E-state index contributed by atoms with van der Waals surface area (Å²) in [5.41, 5.74) is 2.95. The van der Waals surface area contributed by atoms with E-state index >= 15 is 0 Å². The number of rotatable bonds is 4. The summed E-state index contributed by atoms with van der Waals surface area (Å²) in [6, 6.07) is 13.8. The van der Waals surface area contributed by atoms with E-state index in [4.69, 9.17) is 9.47 Å². The number of ether oxygens (including phenoxy) is 2. The summed E-state index contributed by atoms with van der Waals surface area (Å²) in [4.78, 5) is 14.8. The molecule has 136 valence electrons. The number of nitrogens with zero attached hydrogens (tertiary/aromatic N) is 1. The van der Waals surface area contributed by atoms with E-state index in [-0.39, 0.29) is 5.91 Å². The second-order valence-corrected chi connectivity index (χ2v) is 6.76. The topological polar surface area (TPSA) is 50.8 Å². The third kappa shape index (κ3) is 3.77. The molecule has 1 amide bonds. The molecule has 5 heteroatoms. The predicted octanol–water partition coefficient (Wildman–Crippen LogP) is 3.38. The lowest BCUT2D eigenvalue weighted by Gasteiger charge is -2.28. The predicted molar refractivity (Wildman–Crippen MR) is 101 cm³/mol. The molecule has 0 aliphatic carbocycles. The van der Waals surface area contributed by atoms with Gasteiger partial charge in [-0.2, -0.15) is 0 Å². The Balaban J connectivity index is 1.35. The van der Waals surface area contributed by atoms with Crippen molar-refractivity contribution in [3.05, 3.63) is 53.6 Å². The first-order valence-corrected chi connectivity index (χ1v) is 9.31. The van der Waals surface area contributed by atoms with Gasteiger partial charge in [0, 0.05) is 30.9 Å². The number of piperidine rings is 1. The Bertz CT molecular complexity index is 767. The second-order valence-electron chi connectivity index (χ2n) is 6.76. The van der Waals surface area contributed by atoms with E-state index in [9.17, 15) is 4.79 Å². The van der Waals surface area contributed by atoms with Crippen molar-refractivity contribution in [3.63, 3.8) is 0 Å². The number of hydrogen-bond acceptors (Lipinski definition) is 4. The minimum atomic E-state index is -0.109. The van der Waals surface area contributed by atoms with Crippen LogP contribution in [0.5, 0.6) is 11.5 Å². The molecule has 2 aliphatic rings.